The van der Waals surface area contributed by atoms with Crippen molar-refractivity contribution in [3.8, 4) is 0 Å². The number of carbonyl (C=O) groups excluding carboxylic acids is 1. The molecule has 1 heterocycles. The molecule has 0 saturated heterocycles. The Morgan fingerprint density at radius 2 is 2.29 bits per heavy atom. The van der Waals surface area contributed by atoms with Gasteiger partial charge in [-0.2, -0.15) is 0 Å². The molecule has 21 heavy (non-hydrogen) atoms. The van der Waals surface area contributed by atoms with Crippen LogP contribution < -0.4 is 10.2 Å². The lowest BCUT2D eigenvalue weighted by molar-refractivity contribution is -0.145. The van der Waals surface area contributed by atoms with Crippen LogP contribution in [0.1, 0.15) is 26.2 Å². The second kappa shape index (κ2) is 7.95. The van der Waals surface area contributed by atoms with Crippen LogP contribution in [0.3, 0.4) is 0 Å². The summed E-state index contributed by atoms with van der Waals surface area (Å²) in [6, 6.07) is 0.289. The SMILES string of the molecule is CCOC(=O)C(CCSc1nnc(N(C)C)s1)NC1CC1. The summed E-state index contributed by atoms with van der Waals surface area (Å²) in [6.45, 7) is 2.27. The van der Waals surface area contributed by atoms with Crippen LogP contribution >= 0.6 is 23.1 Å². The van der Waals surface area contributed by atoms with Gasteiger partial charge in [0.2, 0.25) is 5.13 Å². The van der Waals surface area contributed by atoms with Crippen molar-refractivity contribution in [1.29, 1.82) is 0 Å². The molecule has 1 aliphatic carbocycles. The number of aromatic nitrogens is 2. The molecule has 6 nitrogen and oxygen atoms in total. The van der Waals surface area contributed by atoms with Crippen molar-refractivity contribution in [3.63, 3.8) is 0 Å². The van der Waals surface area contributed by atoms with E-state index in [1.165, 1.54) is 0 Å². The third-order valence-electron chi connectivity index (χ3n) is 3.00. The molecule has 0 aromatic carbocycles. The molecule has 0 spiro atoms. The summed E-state index contributed by atoms with van der Waals surface area (Å²) in [7, 11) is 3.90. The predicted molar refractivity (Wildman–Crippen MR) is 86.2 cm³/mol. The number of carbonyl (C=O) groups is 1. The van der Waals surface area contributed by atoms with Gasteiger partial charge in [0.1, 0.15) is 6.04 Å². The average molecular weight is 330 g/mol. The quantitative estimate of drug-likeness (QED) is 0.547. The summed E-state index contributed by atoms with van der Waals surface area (Å²) in [5.41, 5.74) is 0. The molecule has 1 saturated carbocycles. The summed E-state index contributed by atoms with van der Waals surface area (Å²) < 4.78 is 6.07. The van der Waals surface area contributed by atoms with Gasteiger partial charge >= 0.3 is 5.97 Å². The van der Waals surface area contributed by atoms with Crippen molar-refractivity contribution in [2.24, 2.45) is 0 Å². The third-order valence-corrected chi connectivity index (χ3v) is 5.25. The van der Waals surface area contributed by atoms with Gasteiger partial charge in [-0.25, -0.2) is 0 Å². The summed E-state index contributed by atoms with van der Waals surface area (Å²) in [5.74, 6) is 0.682. The fraction of sp³-hybridized carbons (Fsp3) is 0.769. The van der Waals surface area contributed by atoms with E-state index in [4.69, 9.17) is 4.74 Å². The minimum absolute atomic E-state index is 0.142. The zero-order chi connectivity index (χ0) is 15.2. The van der Waals surface area contributed by atoms with E-state index in [0.29, 0.717) is 12.6 Å². The van der Waals surface area contributed by atoms with E-state index in [0.717, 1.165) is 34.5 Å². The zero-order valence-corrected chi connectivity index (χ0v) is 14.3. The van der Waals surface area contributed by atoms with Crippen LogP contribution in [0.2, 0.25) is 0 Å². The Labute approximate surface area is 133 Å². The molecule has 0 amide bonds. The van der Waals surface area contributed by atoms with Gasteiger partial charge in [0.05, 0.1) is 6.61 Å². The molecule has 118 valence electrons. The van der Waals surface area contributed by atoms with Crippen LogP contribution in [0.15, 0.2) is 4.34 Å². The number of hydrogen-bond acceptors (Lipinski definition) is 8. The van der Waals surface area contributed by atoms with Crippen LogP contribution in [-0.4, -0.2) is 54.7 Å². The Balaban J connectivity index is 1.78. The van der Waals surface area contributed by atoms with Crippen LogP contribution in [0.4, 0.5) is 5.13 Å². The van der Waals surface area contributed by atoms with E-state index in [9.17, 15) is 4.79 Å². The van der Waals surface area contributed by atoms with Gasteiger partial charge < -0.3 is 15.0 Å². The minimum Gasteiger partial charge on any atom is -0.465 e. The fourth-order valence-electron chi connectivity index (χ4n) is 1.75. The zero-order valence-electron chi connectivity index (χ0n) is 12.7. The Kier molecular flexibility index (Phi) is 6.25. The molecule has 2 rings (SSSR count). The van der Waals surface area contributed by atoms with Crippen LogP contribution in [0.5, 0.6) is 0 Å². The molecule has 0 bridgehead atoms. The second-order valence-electron chi connectivity index (χ2n) is 5.13. The standard InChI is InChI=1S/C13H22N4O2S2/c1-4-19-11(18)10(14-9-5-6-9)7-8-20-13-16-15-12(21-13)17(2)3/h9-10,14H,4-8H2,1-3H3. The normalized spacial score (nSPS) is 15.8. The van der Waals surface area contributed by atoms with Gasteiger partial charge in [-0.15, -0.1) is 10.2 Å². The van der Waals surface area contributed by atoms with E-state index >= 15 is 0 Å². The fourth-order valence-corrected chi connectivity index (χ4v) is 3.59. The lowest BCUT2D eigenvalue weighted by atomic mass is 10.2. The molecule has 8 heteroatoms. The Morgan fingerprint density at radius 3 is 2.86 bits per heavy atom. The first-order chi connectivity index (χ1) is 10.1. The first kappa shape index (κ1) is 16.5. The van der Waals surface area contributed by atoms with Crippen LogP contribution in [0.25, 0.3) is 0 Å². The maximum atomic E-state index is 11.9. The van der Waals surface area contributed by atoms with E-state index in [1.807, 2.05) is 25.9 Å². The molecule has 0 aliphatic heterocycles. The Bertz CT molecular complexity index is 463. The molecule has 1 unspecified atom stereocenters. The number of anilines is 1. The van der Waals surface area contributed by atoms with Gasteiger partial charge in [0.25, 0.3) is 0 Å². The molecule has 1 N–H and O–H groups in total. The predicted octanol–water partition coefficient (Wildman–Crippen LogP) is 1.77. The molecule has 1 aliphatic rings. The number of nitrogens with one attached hydrogen (secondary N) is 1. The van der Waals surface area contributed by atoms with Crippen LogP contribution in [-0.2, 0) is 9.53 Å². The lowest BCUT2D eigenvalue weighted by Gasteiger charge is -2.16. The number of rotatable bonds is 9. The number of nitrogens with zero attached hydrogens (tertiary/aromatic N) is 3. The average Bonchev–Trinajstić information content (AvgIpc) is 3.13. The van der Waals surface area contributed by atoms with Gasteiger partial charge in [-0.3, -0.25) is 4.79 Å². The first-order valence-electron chi connectivity index (χ1n) is 7.16. The number of hydrogen-bond donors (Lipinski definition) is 1. The van der Waals surface area contributed by atoms with Crippen molar-refractivity contribution in [1.82, 2.24) is 15.5 Å². The van der Waals surface area contributed by atoms with E-state index in [2.05, 4.69) is 15.5 Å². The summed E-state index contributed by atoms with van der Waals surface area (Å²) in [4.78, 5) is 13.9. The number of thioether (sulfide) groups is 1. The lowest BCUT2D eigenvalue weighted by Crippen LogP contribution is -2.39. The van der Waals surface area contributed by atoms with Gasteiger partial charge in [-0.1, -0.05) is 23.1 Å². The molecule has 1 atom stereocenters. The van der Waals surface area contributed by atoms with Crippen molar-refractivity contribution in [3.05, 3.63) is 0 Å². The molecule has 1 aromatic rings. The van der Waals surface area contributed by atoms with Gasteiger partial charge in [0, 0.05) is 25.9 Å². The number of ether oxygens (including phenoxy) is 1. The molecule has 0 radical (unpaired) electrons. The monoisotopic (exact) mass is 330 g/mol. The minimum atomic E-state index is -0.203. The smallest absolute Gasteiger partial charge is 0.323 e. The van der Waals surface area contributed by atoms with Crippen LogP contribution in [0, 0.1) is 0 Å². The van der Waals surface area contributed by atoms with Crippen molar-refractivity contribution in [2.45, 2.75) is 42.6 Å². The highest BCUT2D eigenvalue weighted by atomic mass is 32.2. The molecule has 1 fully saturated rings. The molecular weight excluding hydrogens is 308 g/mol. The number of esters is 1. The molecule has 1 aromatic heterocycles. The summed E-state index contributed by atoms with van der Waals surface area (Å²) >= 11 is 3.21. The largest absolute Gasteiger partial charge is 0.465 e. The summed E-state index contributed by atoms with van der Waals surface area (Å²) in [6.07, 6.45) is 3.06. The summed E-state index contributed by atoms with van der Waals surface area (Å²) in [5, 5.41) is 12.5. The topological polar surface area (TPSA) is 67.3 Å². The van der Waals surface area contributed by atoms with E-state index in [-0.39, 0.29) is 12.0 Å². The van der Waals surface area contributed by atoms with Crippen molar-refractivity contribution < 1.29 is 9.53 Å². The highest BCUT2D eigenvalue weighted by Gasteiger charge is 2.29. The maximum Gasteiger partial charge on any atom is 0.323 e. The van der Waals surface area contributed by atoms with Crippen molar-refractivity contribution >= 4 is 34.2 Å². The Morgan fingerprint density at radius 1 is 1.52 bits per heavy atom. The first-order valence-corrected chi connectivity index (χ1v) is 8.96. The van der Waals surface area contributed by atoms with Gasteiger partial charge in [0.15, 0.2) is 4.34 Å². The van der Waals surface area contributed by atoms with Gasteiger partial charge in [-0.05, 0) is 26.2 Å². The van der Waals surface area contributed by atoms with Crippen molar-refractivity contribution in [2.75, 3.05) is 31.4 Å². The maximum absolute atomic E-state index is 11.9. The Hall–Kier alpha value is -0.860. The highest BCUT2D eigenvalue weighted by molar-refractivity contribution is 8.01. The highest BCUT2D eigenvalue weighted by Crippen LogP contribution is 2.28. The third kappa shape index (κ3) is 5.44. The van der Waals surface area contributed by atoms with E-state index in [1.54, 1.807) is 23.1 Å². The van der Waals surface area contributed by atoms with E-state index < -0.39 is 0 Å². The second-order valence-corrected chi connectivity index (χ2v) is 7.43. The molecular formula is C13H22N4O2S2.